The van der Waals surface area contributed by atoms with E-state index < -0.39 is 0 Å². The van der Waals surface area contributed by atoms with Crippen LogP contribution in [0.2, 0.25) is 5.15 Å². The van der Waals surface area contributed by atoms with E-state index >= 15 is 0 Å². The van der Waals surface area contributed by atoms with Gasteiger partial charge in [-0.25, -0.2) is 9.97 Å². The highest BCUT2D eigenvalue weighted by atomic mass is 35.5. The van der Waals surface area contributed by atoms with Gasteiger partial charge in [-0.05, 0) is 13.3 Å². The molecule has 1 rings (SSSR count). The van der Waals surface area contributed by atoms with Crippen LogP contribution in [0.3, 0.4) is 0 Å². The Morgan fingerprint density at radius 2 is 1.92 bits per heavy atom. The SMILES string of the molecule is CCc1c(C)nc(C(C)C)nc1Cl. The van der Waals surface area contributed by atoms with Crippen molar-refractivity contribution in [1.29, 1.82) is 0 Å². The third-order valence-electron chi connectivity index (χ3n) is 2.05. The zero-order valence-corrected chi connectivity index (χ0v) is 9.31. The lowest BCUT2D eigenvalue weighted by atomic mass is 10.1. The summed E-state index contributed by atoms with van der Waals surface area (Å²) in [5.74, 6) is 1.17. The van der Waals surface area contributed by atoms with E-state index in [0.717, 1.165) is 23.5 Å². The molecule has 0 aliphatic rings. The molecule has 0 atom stereocenters. The predicted molar refractivity (Wildman–Crippen MR) is 55.2 cm³/mol. The Morgan fingerprint density at radius 1 is 1.31 bits per heavy atom. The topological polar surface area (TPSA) is 25.8 Å². The molecular weight excluding hydrogens is 184 g/mol. The van der Waals surface area contributed by atoms with Crippen molar-refractivity contribution in [2.75, 3.05) is 0 Å². The number of hydrogen-bond acceptors (Lipinski definition) is 2. The lowest BCUT2D eigenvalue weighted by Gasteiger charge is -2.09. The number of hydrogen-bond donors (Lipinski definition) is 0. The molecule has 0 amide bonds. The first kappa shape index (κ1) is 10.5. The normalized spacial score (nSPS) is 10.9. The van der Waals surface area contributed by atoms with Crippen LogP contribution in [-0.2, 0) is 6.42 Å². The standard InChI is InChI=1S/C10H15ClN2/c1-5-8-7(4)12-10(6(2)3)13-9(8)11/h6H,5H2,1-4H3. The molecule has 1 aromatic heterocycles. The first-order valence-electron chi connectivity index (χ1n) is 4.59. The van der Waals surface area contributed by atoms with E-state index in [1.807, 2.05) is 6.92 Å². The summed E-state index contributed by atoms with van der Waals surface area (Å²) in [6.07, 6.45) is 0.892. The molecule has 0 saturated carbocycles. The molecule has 0 saturated heterocycles. The van der Waals surface area contributed by atoms with Crippen molar-refractivity contribution >= 4 is 11.6 Å². The van der Waals surface area contributed by atoms with Gasteiger partial charge in [-0.1, -0.05) is 32.4 Å². The Hall–Kier alpha value is -0.630. The summed E-state index contributed by atoms with van der Waals surface area (Å²) in [6, 6.07) is 0. The second-order valence-electron chi connectivity index (χ2n) is 3.44. The Balaban J connectivity index is 3.20. The van der Waals surface area contributed by atoms with Crippen LogP contribution in [0, 0.1) is 6.92 Å². The molecule has 0 radical (unpaired) electrons. The predicted octanol–water partition coefficient (Wildman–Crippen LogP) is 3.12. The number of nitrogens with zero attached hydrogens (tertiary/aromatic N) is 2. The lowest BCUT2D eigenvalue weighted by molar-refractivity contribution is 0.758. The van der Waals surface area contributed by atoms with Crippen molar-refractivity contribution in [3.8, 4) is 0 Å². The maximum atomic E-state index is 6.03. The van der Waals surface area contributed by atoms with Gasteiger partial charge >= 0.3 is 0 Å². The third-order valence-corrected chi connectivity index (χ3v) is 2.36. The Kier molecular flexibility index (Phi) is 3.26. The van der Waals surface area contributed by atoms with Crippen molar-refractivity contribution in [2.24, 2.45) is 0 Å². The molecule has 1 aromatic rings. The number of halogens is 1. The van der Waals surface area contributed by atoms with Gasteiger partial charge in [0.1, 0.15) is 11.0 Å². The van der Waals surface area contributed by atoms with Gasteiger partial charge in [0.15, 0.2) is 0 Å². The molecule has 0 aliphatic heterocycles. The van der Waals surface area contributed by atoms with Gasteiger partial charge < -0.3 is 0 Å². The number of aromatic nitrogens is 2. The van der Waals surface area contributed by atoms with E-state index in [2.05, 4.69) is 30.7 Å². The molecule has 1 heterocycles. The summed E-state index contributed by atoms with van der Waals surface area (Å²) in [4.78, 5) is 8.67. The first-order valence-corrected chi connectivity index (χ1v) is 4.97. The molecule has 0 spiro atoms. The van der Waals surface area contributed by atoms with Crippen LogP contribution in [-0.4, -0.2) is 9.97 Å². The zero-order chi connectivity index (χ0) is 10.0. The highest BCUT2D eigenvalue weighted by Crippen LogP contribution is 2.19. The molecule has 3 heteroatoms. The largest absolute Gasteiger partial charge is 0.238 e. The Labute approximate surface area is 84.4 Å². The molecule has 0 N–H and O–H groups in total. The van der Waals surface area contributed by atoms with Crippen molar-refractivity contribution in [2.45, 2.75) is 40.0 Å². The molecular formula is C10H15ClN2. The van der Waals surface area contributed by atoms with E-state index in [9.17, 15) is 0 Å². The van der Waals surface area contributed by atoms with Crippen LogP contribution in [0.1, 0.15) is 43.8 Å². The molecule has 0 aromatic carbocycles. The van der Waals surface area contributed by atoms with E-state index in [1.54, 1.807) is 0 Å². The Morgan fingerprint density at radius 3 is 2.31 bits per heavy atom. The fraction of sp³-hybridized carbons (Fsp3) is 0.600. The molecule has 0 fully saturated rings. The van der Waals surface area contributed by atoms with Crippen LogP contribution in [0.25, 0.3) is 0 Å². The molecule has 0 unspecified atom stereocenters. The fourth-order valence-electron chi connectivity index (χ4n) is 1.24. The summed E-state index contributed by atoms with van der Waals surface area (Å²) in [5.41, 5.74) is 2.07. The molecule has 0 bridgehead atoms. The third kappa shape index (κ3) is 2.19. The van der Waals surface area contributed by atoms with Gasteiger partial charge in [0.05, 0.1) is 0 Å². The fourth-order valence-corrected chi connectivity index (χ4v) is 1.60. The van der Waals surface area contributed by atoms with Gasteiger partial charge in [0.2, 0.25) is 0 Å². The Bertz CT molecular complexity index is 285. The van der Waals surface area contributed by atoms with Crippen molar-refractivity contribution in [1.82, 2.24) is 9.97 Å². The summed E-state index contributed by atoms with van der Waals surface area (Å²) < 4.78 is 0. The molecule has 2 nitrogen and oxygen atoms in total. The van der Waals surface area contributed by atoms with Crippen LogP contribution in [0.4, 0.5) is 0 Å². The minimum absolute atomic E-state index is 0.335. The van der Waals surface area contributed by atoms with Gasteiger partial charge in [-0.15, -0.1) is 0 Å². The zero-order valence-electron chi connectivity index (χ0n) is 8.56. The summed E-state index contributed by atoms with van der Waals surface area (Å²) >= 11 is 6.03. The van der Waals surface area contributed by atoms with Gasteiger partial charge in [0.25, 0.3) is 0 Å². The highest BCUT2D eigenvalue weighted by Gasteiger charge is 2.10. The first-order chi connectivity index (χ1) is 6.06. The number of aryl methyl sites for hydroxylation is 1. The van der Waals surface area contributed by atoms with Crippen molar-refractivity contribution < 1.29 is 0 Å². The second kappa shape index (κ2) is 4.05. The molecule has 72 valence electrons. The maximum Gasteiger partial charge on any atom is 0.136 e. The van der Waals surface area contributed by atoms with Gasteiger partial charge in [-0.2, -0.15) is 0 Å². The number of rotatable bonds is 2. The average molecular weight is 199 g/mol. The van der Waals surface area contributed by atoms with E-state index in [-0.39, 0.29) is 0 Å². The second-order valence-corrected chi connectivity index (χ2v) is 3.80. The van der Waals surface area contributed by atoms with Crippen molar-refractivity contribution in [3.05, 3.63) is 22.2 Å². The van der Waals surface area contributed by atoms with Crippen LogP contribution in [0.15, 0.2) is 0 Å². The van der Waals surface area contributed by atoms with Crippen molar-refractivity contribution in [3.63, 3.8) is 0 Å². The van der Waals surface area contributed by atoms with E-state index in [4.69, 9.17) is 11.6 Å². The molecule has 0 aliphatic carbocycles. The van der Waals surface area contributed by atoms with Crippen LogP contribution < -0.4 is 0 Å². The minimum Gasteiger partial charge on any atom is -0.238 e. The maximum absolute atomic E-state index is 6.03. The smallest absolute Gasteiger partial charge is 0.136 e. The minimum atomic E-state index is 0.335. The van der Waals surface area contributed by atoms with Gasteiger partial charge in [-0.3, -0.25) is 0 Å². The van der Waals surface area contributed by atoms with Gasteiger partial charge in [0, 0.05) is 17.2 Å². The molecule has 13 heavy (non-hydrogen) atoms. The summed E-state index contributed by atoms with van der Waals surface area (Å²) in [7, 11) is 0. The lowest BCUT2D eigenvalue weighted by Crippen LogP contribution is -2.03. The van der Waals surface area contributed by atoms with Crippen LogP contribution >= 0.6 is 11.6 Å². The van der Waals surface area contributed by atoms with E-state index in [1.165, 1.54) is 0 Å². The summed E-state index contributed by atoms with van der Waals surface area (Å²) in [5, 5.41) is 0.610. The van der Waals surface area contributed by atoms with Crippen LogP contribution in [0.5, 0.6) is 0 Å². The van der Waals surface area contributed by atoms with E-state index in [0.29, 0.717) is 11.1 Å². The monoisotopic (exact) mass is 198 g/mol. The average Bonchev–Trinajstić information content (AvgIpc) is 2.03. The quantitative estimate of drug-likeness (QED) is 0.683. The highest BCUT2D eigenvalue weighted by molar-refractivity contribution is 6.30. The summed E-state index contributed by atoms with van der Waals surface area (Å²) in [6.45, 7) is 8.18.